The fraction of sp³-hybridized carbons (Fsp3) is 0.476. The monoisotopic (exact) mass is 806 g/mol. The summed E-state index contributed by atoms with van der Waals surface area (Å²) in [5, 5.41) is 5.20. The first-order valence-corrected chi connectivity index (χ1v) is 19.1. The normalized spacial score (nSPS) is 14.4. The molecule has 5 rings (SSSR count). The van der Waals surface area contributed by atoms with Crippen molar-refractivity contribution in [1.29, 1.82) is 0 Å². The van der Waals surface area contributed by atoms with E-state index in [-0.39, 0.29) is 40.7 Å². The Morgan fingerprint density at radius 3 is 2.25 bits per heavy atom. The van der Waals surface area contributed by atoms with Crippen molar-refractivity contribution in [2.24, 2.45) is 7.05 Å². The second-order valence-corrected chi connectivity index (χ2v) is 13.3. The van der Waals surface area contributed by atoms with Crippen LogP contribution in [0.3, 0.4) is 0 Å². The summed E-state index contributed by atoms with van der Waals surface area (Å²) in [6, 6.07) is 6.10. The van der Waals surface area contributed by atoms with Crippen LogP contribution in [0.25, 0.3) is 22.0 Å². The van der Waals surface area contributed by atoms with Crippen LogP contribution in [0.2, 0.25) is 0 Å². The number of aryl methyl sites for hydroxylation is 2. The molecule has 57 heavy (non-hydrogen) atoms. The fourth-order valence-electron chi connectivity index (χ4n) is 6.45. The van der Waals surface area contributed by atoms with E-state index >= 15 is 4.39 Å². The summed E-state index contributed by atoms with van der Waals surface area (Å²) >= 11 is 0. The number of nitrogens with one attached hydrogen (secondary N) is 2. The minimum atomic E-state index is -4.59. The van der Waals surface area contributed by atoms with Crippen LogP contribution >= 0.6 is 0 Å². The third-order valence-corrected chi connectivity index (χ3v) is 9.40. The lowest BCUT2D eigenvalue weighted by molar-refractivity contribution is -0.155. The molecule has 3 heterocycles. The van der Waals surface area contributed by atoms with Crippen molar-refractivity contribution in [2.75, 3.05) is 18.5 Å². The van der Waals surface area contributed by atoms with E-state index in [1.54, 1.807) is 19.1 Å². The Morgan fingerprint density at radius 2 is 1.67 bits per heavy atom. The van der Waals surface area contributed by atoms with Crippen LogP contribution in [0, 0.1) is 19.7 Å². The average molecular weight is 807 g/mol. The molecule has 0 unspecified atom stereocenters. The van der Waals surface area contributed by atoms with Gasteiger partial charge in [-0.15, -0.1) is 0 Å². The maximum absolute atomic E-state index is 15.5. The molecule has 2 aromatic carbocycles. The van der Waals surface area contributed by atoms with Crippen molar-refractivity contribution in [3.8, 4) is 11.1 Å². The quantitative estimate of drug-likeness (QED) is 0.115. The maximum Gasteiger partial charge on any atom is 0.408 e. The first-order valence-electron chi connectivity index (χ1n) is 19.1. The first-order chi connectivity index (χ1) is 26.9. The predicted octanol–water partition coefficient (Wildman–Crippen LogP) is 9.34. The average Bonchev–Trinajstić information content (AvgIpc) is 3.16. The summed E-state index contributed by atoms with van der Waals surface area (Å²) in [5.41, 5.74) is -0.951. The van der Waals surface area contributed by atoms with E-state index in [1.165, 1.54) is 55.9 Å². The summed E-state index contributed by atoms with van der Waals surface area (Å²) in [7, 11) is 1.47. The number of ether oxygens (including phenoxy) is 2. The number of alkyl halides is 5. The molecule has 0 radical (unpaired) electrons. The third-order valence-electron chi connectivity index (χ3n) is 9.40. The number of fused-ring (bicyclic) bond motifs is 1. The third kappa shape index (κ3) is 11.1. The van der Waals surface area contributed by atoms with Gasteiger partial charge in [-0.25, -0.2) is 18.0 Å². The predicted molar refractivity (Wildman–Crippen MR) is 209 cm³/mol. The van der Waals surface area contributed by atoms with Crippen molar-refractivity contribution >= 4 is 28.5 Å². The lowest BCUT2D eigenvalue weighted by Gasteiger charge is -2.26. The standard InChI is InChI=1S/C38H40F6N4O5.2C2H6/c1-6-30(38(42,43)44)46-23-16-20(2)31(28(39)19-23)34(49)47-29(36(51)53-24-11-14-52-15-12-24)18-22-9-10-26(33-25(22)8-7-13-45-33)32-27(37(4,40)41)17-21(3)48(5)35(32)50;2*1-2/h7-10,13,16-17,19,24,29-30,46H,6,11-12,14-15,18H2,1-5H3,(H,47,49);2*1-2H3/t29-,30+;;/m0../s1. The van der Waals surface area contributed by atoms with Crippen molar-refractivity contribution in [3.05, 3.63) is 92.8 Å². The number of halogens is 6. The van der Waals surface area contributed by atoms with E-state index in [0.29, 0.717) is 49.6 Å². The highest BCUT2D eigenvalue weighted by atomic mass is 19.4. The van der Waals surface area contributed by atoms with E-state index in [9.17, 15) is 36.3 Å². The van der Waals surface area contributed by atoms with Gasteiger partial charge in [-0.05, 0) is 55.7 Å². The zero-order valence-electron chi connectivity index (χ0n) is 33.8. The number of hydrogen-bond donors (Lipinski definition) is 2. The molecule has 1 saturated heterocycles. The number of carbonyl (C=O) groups is 2. The number of amides is 1. The van der Waals surface area contributed by atoms with E-state index in [1.807, 2.05) is 27.7 Å². The minimum Gasteiger partial charge on any atom is -0.461 e. The lowest BCUT2D eigenvalue weighted by atomic mass is 9.91. The topological polar surface area (TPSA) is 112 Å². The molecule has 9 nitrogen and oxygen atoms in total. The Kier molecular flexibility index (Phi) is 16.3. The zero-order chi connectivity index (χ0) is 42.8. The molecule has 0 bridgehead atoms. The first kappa shape index (κ1) is 46.5. The van der Waals surface area contributed by atoms with Gasteiger partial charge in [-0.3, -0.25) is 14.6 Å². The molecule has 15 heteroatoms. The smallest absolute Gasteiger partial charge is 0.408 e. The molecule has 1 fully saturated rings. The molecule has 0 saturated carbocycles. The number of aromatic nitrogens is 2. The van der Waals surface area contributed by atoms with Crippen LogP contribution in [0.4, 0.5) is 32.0 Å². The minimum absolute atomic E-state index is 0.0146. The number of anilines is 1. The van der Waals surface area contributed by atoms with Crippen LogP contribution in [0.1, 0.15) is 93.5 Å². The Balaban J connectivity index is 0.00000211. The number of esters is 1. The summed E-state index contributed by atoms with van der Waals surface area (Å²) in [6.07, 6.45) is -3.41. The number of benzene rings is 2. The molecule has 1 amide bonds. The summed E-state index contributed by atoms with van der Waals surface area (Å²) in [6.45, 7) is 13.6. The van der Waals surface area contributed by atoms with Crippen molar-refractivity contribution in [1.82, 2.24) is 14.9 Å². The molecule has 0 aliphatic carbocycles. The van der Waals surface area contributed by atoms with Gasteiger partial charge < -0.3 is 24.7 Å². The van der Waals surface area contributed by atoms with Crippen molar-refractivity contribution < 1.29 is 45.4 Å². The molecule has 1 aliphatic rings. The molecule has 0 spiro atoms. The molecule has 4 aromatic rings. The van der Waals surface area contributed by atoms with Gasteiger partial charge in [0.05, 0.1) is 29.9 Å². The van der Waals surface area contributed by atoms with Crippen molar-refractivity contribution in [2.45, 2.75) is 111 Å². The molecule has 312 valence electrons. The van der Waals surface area contributed by atoms with Gasteiger partial charge in [-0.2, -0.15) is 13.2 Å². The number of nitrogens with zero attached hydrogens (tertiary/aromatic N) is 2. The summed E-state index contributed by atoms with van der Waals surface area (Å²) in [5.74, 6) is -6.34. The van der Waals surface area contributed by atoms with Gasteiger partial charge in [0.1, 0.15) is 24.0 Å². The largest absolute Gasteiger partial charge is 0.461 e. The molecule has 2 atom stereocenters. The Morgan fingerprint density at radius 1 is 1.02 bits per heavy atom. The molecule has 2 N–H and O–H groups in total. The van der Waals surface area contributed by atoms with Crippen LogP contribution in [-0.4, -0.2) is 59.0 Å². The van der Waals surface area contributed by atoms with Crippen LogP contribution in [0.5, 0.6) is 0 Å². The maximum atomic E-state index is 15.5. The zero-order valence-corrected chi connectivity index (χ0v) is 33.8. The van der Waals surface area contributed by atoms with Gasteiger partial charge in [0.2, 0.25) is 0 Å². The SMILES string of the molecule is CC.CC.CC[C@@H](Nc1cc(C)c(C(=O)N[C@@H](Cc2ccc(-c3c(C(C)(F)F)cc(C)n(C)c3=O)c3ncccc23)C(=O)OC2CCOCC2)c(F)c1)C(F)(F)F. The molecular formula is C42H52F6N4O5. The number of pyridine rings is 2. The Hall–Kier alpha value is -4.92. The fourth-order valence-corrected chi connectivity index (χ4v) is 6.45. The molecule has 1 aliphatic heterocycles. The van der Waals surface area contributed by atoms with E-state index in [0.717, 1.165) is 6.07 Å². The van der Waals surface area contributed by atoms with Crippen LogP contribution in [0.15, 0.2) is 53.5 Å². The number of hydrogen-bond acceptors (Lipinski definition) is 7. The second kappa shape index (κ2) is 20.0. The van der Waals surface area contributed by atoms with Gasteiger partial charge in [0.25, 0.3) is 17.4 Å². The second-order valence-electron chi connectivity index (χ2n) is 13.3. The van der Waals surface area contributed by atoms with E-state index < -0.39 is 64.7 Å². The van der Waals surface area contributed by atoms with Gasteiger partial charge in [-0.1, -0.05) is 52.8 Å². The Bertz CT molecular complexity index is 2050. The Labute approximate surface area is 329 Å². The van der Waals surface area contributed by atoms with Crippen LogP contribution in [-0.2, 0) is 33.7 Å². The van der Waals surface area contributed by atoms with E-state index in [4.69, 9.17) is 9.47 Å². The molecule has 2 aromatic heterocycles. The highest BCUT2D eigenvalue weighted by Gasteiger charge is 2.39. The molecular weight excluding hydrogens is 754 g/mol. The van der Waals surface area contributed by atoms with E-state index in [2.05, 4.69) is 15.6 Å². The number of rotatable bonds is 11. The summed E-state index contributed by atoms with van der Waals surface area (Å²) in [4.78, 5) is 45.3. The highest BCUT2D eigenvalue weighted by molar-refractivity contribution is 6.00. The highest BCUT2D eigenvalue weighted by Crippen LogP contribution is 2.37. The van der Waals surface area contributed by atoms with Gasteiger partial charge in [0, 0.05) is 67.3 Å². The van der Waals surface area contributed by atoms with Gasteiger partial charge >= 0.3 is 12.1 Å². The lowest BCUT2D eigenvalue weighted by Crippen LogP contribution is -2.45. The van der Waals surface area contributed by atoms with Gasteiger partial charge in [0.15, 0.2) is 0 Å². The van der Waals surface area contributed by atoms with Crippen molar-refractivity contribution in [3.63, 3.8) is 0 Å². The number of carbonyl (C=O) groups excluding carboxylic acids is 2. The summed E-state index contributed by atoms with van der Waals surface area (Å²) < 4.78 is 97.8. The van der Waals surface area contributed by atoms with Crippen LogP contribution < -0.4 is 16.2 Å².